The average Bonchev–Trinajstić information content (AvgIpc) is 3.02. The maximum atomic E-state index is 13.4. The van der Waals surface area contributed by atoms with Crippen molar-refractivity contribution in [2.45, 2.75) is 26.8 Å². The lowest BCUT2D eigenvalue weighted by atomic mass is 10.1. The first-order valence-corrected chi connectivity index (χ1v) is 8.44. The van der Waals surface area contributed by atoms with Gasteiger partial charge in [0.1, 0.15) is 5.82 Å². The number of carbonyl (C=O) groups excluding carboxylic acids is 2. The largest absolute Gasteiger partial charge is 0.335 e. The fourth-order valence-corrected chi connectivity index (χ4v) is 3.23. The van der Waals surface area contributed by atoms with E-state index in [2.05, 4.69) is 0 Å². The third-order valence-electron chi connectivity index (χ3n) is 4.53. The number of rotatable bonds is 4. The minimum atomic E-state index is -0.303. The number of anilines is 1. The van der Waals surface area contributed by atoms with Crippen molar-refractivity contribution < 1.29 is 14.0 Å². The summed E-state index contributed by atoms with van der Waals surface area (Å²) in [6.07, 6.45) is 0.756. The second-order valence-electron chi connectivity index (χ2n) is 6.21. The van der Waals surface area contributed by atoms with Crippen molar-refractivity contribution in [1.82, 2.24) is 4.90 Å². The van der Waals surface area contributed by atoms with Gasteiger partial charge in [-0.3, -0.25) is 9.59 Å². The van der Waals surface area contributed by atoms with Gasteiger partial charge in [-0.15, -0.1) is 0 Å². The zero-order valence-electron chi connectivity index (χ0n) is 14.5. The van der Waals surface area contributed by atoms with Crippen molar-refractivity contribution in [1.29, 1.82) is 0 Å². The van der Waals surface area contributed by atoms with E-state index in [9.17, 15) is 14.0 Å². The normalized spacial score (nSPS) is 12.8. The summed E-state index contributed by atoms with van der Waals surface area (Å²) in [7, 11) is 0. The van der Waals surface area contributed by atoms with E-state index in [-0.39, 0.29) is 17.6 Å². The maximum Gasteiger partial charge on any atom is 0.254 e. The van der Waals surface area contributed by atoms with Crippen molar-refractivity contribution in [2.75, 3.05) is 18.0 Å². The smallest absolute Gasteiger partial charge is 0.254 e. The number of hydrogen-bond acceptors (Lipinski definition) is 2. The molecule has 1 aliphatic heterocycles. The van der Waals surface area contributed by atoms with Gasteiger partial charge in [0.15, 0.2) is 0 Å². The molecule has 0 spiro atoms. The molecule has 25 heavy (non-hydrogen) atoms. The Balaban J connectivity index is 1.81. The van der Waals surface area contributed by atoms with Crippen LogP contribution in [0.5, 0.6) is 0 Å². The number of hydrogen-bond donors (Lipinski definition) is 0. The minimum absolute atomic E-state index is 0.0131. The Hall–Kier alpha value is -2.69. The summed E-state index contributed by atoms with van der Waals surface area (Å²) in [6.45, 7) is 5.01. The van der Waals surface area contributed by atoms with Crippen LogP contribution in [0.3, 0.4) is 0 Å². The molecule has 2 aromatic rings. The molecular formula is C20H21FN2O2. The molecule has 2 aromatic carbocycles. The van der Waals surface area contributed by atoms with Gasteiger partial charge < -0.3 is 9.80 Å². The Bertz CT molecular complexity index is 819. The highest BCUT2D eigenvalue weighted by atomic mass is 19.1. The Kier molecular flexibility index (Phi) is 4.83. The van der Waals surface area contributed by atoms with Crippen LogP contribution in [0.2, 0.25) is 0 Å². The number of fused-ring (bicyclic) bond motifs is 1. The highest BCUT2D eigenvalue weighted by Gasteiger charge is 2.24. The van der Waals surface area contributed by atoms with Crippen LogP contribution < -0.4 is 4.90 Å². The lowest BCUT2D eigenvalue weighted by Crippen LogP contribution is -2.30. The minimum Gasteiger partial charge on any atom is -0.335 e. The number of halogens is 1. The van der Waals surface area contributed by atoms with Crippen LogP contribution in [-0.4, -0.2) is 29.8 Å². The fraction of sp³-hybridized carbons (Fsp3) is 0.300. The van der Waals surface area contributed by atoms with Gasteiger partial charge in [0.05, 0.1) is 0 Å². The number of nitrogens with zero attached hydrogens (tertiary/aromatic N) is 2. The van der Waals surface area contributed by atoms with E-state index in [1.54, 1.807) is 28.9 Å². The van der Waals surface area contributed by atoms with Crippen molar-refractivity contribution in [3.63, 3.8) is 0 Å². The molecule has 1 heterocycles. The summed E-state index contributed by atoms with van der Waals surface area (Å²) in [6, 6.07) is 11.8. The molecule has 3 rings (SSSR count). The van der Waals surface area contributed by atoms with Gasteiger partial charge in [0.2, 0.25) is 5.91 Å². The first kappa shape index (κ1) is 17.1. The van der Waals surface area contributed by atoms with Gasteiger partial charge in [0.25, 0.3) is 5.91 Å². The molecule has 0 atom stereocenters. The van der Waals surface area contributed by atoms with Gasteiger partial charge in [0, 0.05) is 37.8 Å². The Morgan fingerprint density at radius 2 is 2.00 bits per heavy atom. The summed E-state index contributed by atoms with van der Waals surface area (Å²) in [5, 5.41) is 0. The van der Waals surface area contributed by atoms with Gasteiger partial charge in [-0.25, -0.2) is 4.39 Å². The Labute approximate surface area is 146 Å². The van der Waals surface area contributed by atoms with Gasteiger partial charge >= 0.3 is 0 Å². The SMILES string of the molecule is CCN(Cc1cccc(F)c1)C(=O)c1ccc2c(c1)CCN2C(C)=O. The topological polar surface area (TPSA) is 40.6 Å². The van der Waals surface area contributed by atoms with Crippen LogP contribution in [0.4, 0.5) is 10.1 Å². The summed E-state index contributed by atoms with van der Waals surface area (Å²) < 4.78 is 13.4. The number of carbonyl (C=O) groups is 2. The van der Waals surface area contributed by atoms with Crippen LogP contribution in [0.15, 0.2) is 42.5 Å². The second kappa shape index (κ2) is 7.05. The fourth-order valence-electron chi connectivity index (χ4n) is 3.23. The van der Waals surface area contributed by atoms with E-state index in [1.807, 2.05) is 25.1 Å². The highest BCUT2D eigenvalue weighted by molar-refractivity contribution is 5.97. The molecule has 4 nitrogen and oxygen atoms in total. The molecule has 0 saturated heterocycles. The van der Waals surface area contributed by atoms with Crippen LogP contribution in [-0.2, 0) is 17.8 Å². The van der Waals surface area contributed by atoms with E-state index >= 15 is 0 Å². The third-order valence-corrected chi connectivity index (χ3v) is 4.53. The zero-order valence-corrected chi connectivity index (χ0v) is 14.5. The van der Waals surface area contributed by atoms with Crippen molar-refractivity contribution >= 4 is 17.5 Å². The first-order chi connectivity index (χ1) is 12.0. The molecule has 0 fully saturated rings. The van der Waals surface area contributed by atoms with Crippen LogP contribution >= 0.6 is 0 Å². The van der Waals surface area contributed by atoms with Crippen LogP contribution in [0.1, 0.15) is 35.3 Å². The molecule has 0 aliphatic carbocycles. The lowest BCUT2D eigenvalue weighted by Gasteiger charge is -2.22. The molecule has 0 saturated carbocycles. The van der Waals surface area contributed by atoms with Crippen molar-refractivity contribution in [2.24, 2.45) is 0 Å². The molecule has 1 aliphatic rings. The molecule has 2 amide bonds. The summed E-state index contributed by atoms with van der Waals surface area (Å²) in [5.74, 6) is -0.377. The second-order valence-corrected chi connectivity index (χ2v) is 6.21. The standard InChI is InChI=1S/C20H21FN2O2/c1-3-22(13-15-5-4-6-18(21)11-15)20(25)17-7-8-19-16(12-17)9-10-23(19)14(2)24/h4-8,11-12H,3,9-10,13H2,1-2H3. The van der Waals surface area contributed by atoms with Crippen LogP contribution in [0, 0.1) is 5.82 Å². The quantitative estimate of drug-likeness (QED) is 0.856. The van der Waals surface area contributed by atoms with Crippen molar-refractivity contribution in [3.8, 4) is 0 Å². The molecule has 0 N–H and O–H groups in total. The number of amides is 2. The molecule has 130 valence electrons. The molecular weight excluding hydrogens is 319 g/mol. The highest BCUT2D eigenvalue weighted by Crippen LogP contribution is 2.29. The van der Waals surface area contributed by atoms with E-state index in [1.165, 1.54) is 12.1 Å². The average molecular weight is 340 g/mol. The molecule has 5 heteroatoms. The van der Waals surface area contributed by atoms with Crippen LogP contribution in [0.25, 0.3) is 0 Å². The third kappa shape index (κ3) is 3.55. The van der Waals surface area contributed by atoms with Gasteiger partial charge in [-0.05, 0) is 54.8 Å². The summed E-state index contributed by atoms with van der Waals surface area (Å²) >= 11 is 0. The predicted molar refractivity (Wildman–Crippen MR) is 95.0 cm³/mol. The Morgan fingerprint density at radius 3 is 2.68 bits per heavy atom. The predicted octanol–water partition coefficient (Wildman–Crippen LogP) is 3.40. The lowest BCUT2D eigenvalue weighted by molar-refractivity contribution is -0.116. The Morgan fingerprint density at radius 1 is 1.20 bits per heavy atom. The zero-order chi connectivity index (χ0) is 18.0. The maximum absolute atomic E-state index is 13.4. The van der Waals surface area contributed by atoms with E-state index < -0.39 is 0 Å². The van der Waals surface area contributed by atoms with Gasteiger partial charge in [-0.2, -0.15) is 0 Å². The van der Waals surface area contributed by atoms with E-state index in [0.29, 0.717) is 25.2 Å². The molecule has 0 radical (unpaired) electrons. The van der Waals surface area contributed by atoms with Crippen molar-refractivity contribution in [3.05, 3.63) is 65.0 Å². The van der Waals surface area contributed by atoms with E-state index in [4.69, 9.17) is 0 Å². The molecule has 0 aromatic heterocycles. The molecule has 0 unspecified atom stereocenters. The number of benzene rings is 2. The van der Waals surface area contributed by atoms with E-state index in [0.717, 1.165) is 23.2 Å². The summed E-state index contributed by atoms with van der Waals surface area (Å²) in [5.41, 5.74) is 3.27. The molecule has 0 bridgehead atoms. The summed E-state index contributed by atoms with van der Waals surface area (Å²) in [4.78, 5) is 27.9. The first-order valence-electron chi connectivity index (χ1n) is 8.44. The monoisotopic (exact) mass is 340 g/mol. The van der Waals surface area contributed by atoms with Gasteiger partial charge in [-0.1, -0.05) is 12.1 Å².